The van der Waals surface area contributed by atoms with E-state index in [1.165, 1.54) is 12.3 Å². The molecule has 0 spiro atoms. The summed E-state index contributed by atoms with van der Waals surface area (Å²) >= 11 is 1.56. The van der Waals surface area contributed by atoms with Gasteiger partial charge in [-0.1, -0.05) is 0 Å². The van der Waals surface area contributed by atoms with Gasteiger partial charge in [0.15, 0.2) is 0 Å². The van der Waals surface area contributed by atoms with Gasteiger partial charge in [-0.3, -0.25) is 0 Å². The molecule has 0 bridgehead atoms. The van der Waals surface area contributed by atoms with Gasteiger partial charge in [-0.25, -0.2) is 14.8 Å². The van der Waals surface area contributed by atoms with Crippen molar-refractivity contribution >= 4 is 23.1 Å². The summed E-state index contributed by atoms with van der Waals surface area (Å²) < 4.78 is 0. The lowest BCUT2D eigenvalue weighted by Gasteiger charge is -2.24. The molecule has 0 aliphatic rings. The third kappa shape index (κ3) is 2.65. The molecule has 0 radical (unpaired) electrons. The summed E-state index contributed by atoms with van der Waals surface area (Å²) in [6.45, 7) is 4.00. The third-order valence-corrected chi connectivity index (χ3v) is 3.51. The molecule has 2 heterocycles. The van der Waals surface area contributed by atoms with Gasteiger partial charge in [0.05, 0.1) is 11.1 Å². The SMILES string of the molecule is CC(C)(Nc1ccc(C(=O)O)cn1)c1nccs1. The number of aromatic nitrogens is 2. The molecule has 5 nitrogen and oxygen atoms in total. The number of rotatable bonds is 4. The minimum atomic E-state index is -0.978. The van der Waals surface area contributed by atoms with E-state index in [1.807, 2.05) is 19.2 Å². The van der Waals surface area contributed by atoms with E-state index in [-0.39, 0.29) is 11.1 Å². The Labute approximate surface area is 109 Å². The van der Waals surface area contributed by atoms with Gasteiger partial charge in [0.2, 0.25) is 0 Å². The van der Waals surface area contributed by atoms with Crippen molar-refractivity contribution in [2.75, 3.05) is 5.32 Å². The molecule has 0 amide bonds. The van der Waals surface area contributed by atoms with Gasteiger partial charge < -0.3 is 10.4 Å². The number of nitrogens with one attached hydrogen (secondary N) is 1. The lowest BCUT2D eigenvalue weighted by Crippen LogP contribution is -2.28. The van der Waals surface area contributed by atoms with E-state index in [2.05, 4.69) is 15.3 Å². The smallest absolute Gasteiger partial charge is 0.337 e. The molecule has 18 heavy (non-hydrogen) atoms. The number of aromatic carboxylic acids is 1. The Hall–Kier alpha value is -1.95. The first kappa shape index (κ1) is 12.5. The molecule has 0 aliphatic heterocycles. The number of anilines is 1. The number of nitrogens with zero attached hydrogens (tertiary/aromatic N) is 2. The fourth-order valence-corrected chi connectivity index (χ4v) is 2.22. The number of thiazole rings is 1. The number of pyridine rings is 1. The third-order valence-electron chi connectivity index (χ3n) is 2.42. The van der Waals surface area contributed by atoms with Crippen LogP contribution in [0.25, 0.3) is 0 Å². The van der Waals surface area contributed by atoms with E-state index in [9.17, 15) is 4.79 Å². The molecule has 2 aromatic rings. The van der Waals surface area contributed by atoms with Crippen molar-refractivity contribution < 1.29 is 9.90 Å². The Morgan fingerprint density at radius 2 is 2.17 bits per heavy atom. The van der Waals surface area contributed by atoms with Gasteiger partial charge >= 0.3 is 5.97 Å². The quantitative estimate of drug-likeness (QED) is 0.886. The van der Waals surface area contributed by atoms with Crippen LogP contribution >= 0.6 is 11.3 Å². The zero-order valence-electron chi connectivity index (χ0n) is 10.0. The average Bonchev–Trinajstić information content (AvgIpc) is 2.83. The molecular weight excluding hydrogens is 250 g/mol. The van der Waals surface area contributed by atoms with E-state index >= 15 is 0 Å². The summed E-state index contributed by atoms with van der Waals surface area (Å²) in [5.41, 5.74) is -0.168. The minimum absolute atomic E-state index is 0.174. The maximum Gasteiger partial charge on any atom is 0.337 e. The fraction of sp³-hybridized carbons (Fsp3) is 0.250. The summed E-state index contributed by atoms with van der Waals surface area (Å²) in [5, 5.41) is 14.9. The summed E-state index contributed by atoms with van der Waals surface area (Å²) in [6, 6.07) is 3.18. The standard InChI is InChI=1S/C12H13N3O2S/c1-12(2,11-13-5-6-18-11)15-9-4-3-8(7-14-9)10(16)17/h3-7H,1-2H3,(H,14,15)(H,16,17). The van der Waals surface area contributed by atoms with Crippen LogP contribution in [-0.4, -0.2) is 21.0 Å². The zero-order chi connectivity index (χ0) is 13.2. The first-order valence-electron chi connectivity index (χ1n) is 5.36. The van der Waals surface area contributed by atoms with Gasteiger partial charge in [-0.2, -0.15) is 0 Å². The van der Waals surface area contributed by atoms with Gasteiger partial charge in [-0.15, -0.1) is 11.3 Å². The van der Waals surface area contributed by atoms with Crippen LogP contribution in [0, 0.1) is 0 Å². The van der Waals surface area contributed by atoms with Crippen LogP contribution in [0.15, 0.2) is 29.9 Å². The van der Waals surface area contributed by atoms with Crippen LogP contribution < -0.4 is 5.32 Å². The fourth-order valence-electron chi connectivity index (χ4n) is 1.50. The predicted molar refractivity (Wildman–Crippen MR) is 70.0 cm³/mol. The Morgan fingerprint density at radius 1 is 1.39 bits per heavy atom. The van der Waals surface area contributed by atoms with Gasteiger partial charge in [0, 0.05) is 17.8 Å². The maximum atomic E-state index is 10.7. The maximum absolute atomic E-state index is 10.7. The van der Waals surface area contributed by atoms with E-state index in [0.29, 0.717) is 5.82 Å². The number of carbonyl (C=O) groups is 1. The van der Waals surface area contributed by atoms with Gasteiger partial charge in [0.25, 0.3) is 0 Å². The second kappa shape index (κ2) is 4.73. The highest BCUT2D eigenvalue weighted by Crippen LogP contribution is 2.26. The summed E-state index contributed by atoms with van der Waals surface area (Å²) in [7, 11) is 0. The zero-order valence-corrected chi connectivity index (χ0v) is 10.9. The Kier molecular flexibility index (Phi) is 3.29. The molecule has 2 N–H and O–H groups in total. The lowest BCUT2D eigenvalue weighted by molar-refractivity contribution is 0.0696. The summed E-state index contributed by atoms with van der Waals surface area (Å²) in [4.78, 5) is 19.1. The summed E-state index contributed by atoms with van der Waals surface area (Å²) in [5.74, 6) is -0.353. The molecule has 2 rings (SSSR count). The molecule has 0 saturated heterocycles. The Balaban J connectivity index is 2.16. The number of hydrogen-bond acceptors (Lipinski definition) is 5. The van der Waals surface area contributed by atoms with E-state index in [0.717, 1.165) is 5.01 Å². The first-order chi connectivity index (χ1) is 8.49. The van der Waals surface area contributed by atoms with Gasteiger partial charge in [-0.05, 0) is 26.0 Å². The molecule has 94 valence electrons. The van der Waals surface area contributed by atoms with Gasteiger partial charge in [0.1, 0.15) is 10.8 Å². The van der Waals surface area contributed by atoms with E-state index in [4.69, 9.17) is 5.11 Å². The van der Waals surface area contributed by atoms with Crippen molar-refractivity contribution in [3.63, 3.8) is 0 Å². The number of carboxylic acid groups (broad SMARTS) is 1. The van der Waals surface area contributed by atoms with Crippen LogP contribution in [0.2, 0.25) is 0 Å². The van der Waals surface area contributed by atoms with Crippen molar-refractivity contribution in [2.24, 2.45) is 0 Å². The highest BCUT2D eigenvalue weighted by atomic mass is 32.1. The minimum Gasteiger partial charge on any atom is -0.478 e. The highest BCUT2D eigenvalue weighted by molar-refractivity contribution is 7.09. The molecule has 0 unspecified atom stereocenters. The Morgan fingerprint density at radius 3 is 2.67 bits per heavy atom. The van der Waals surface area contributed by atoms with E-state index in [1.54, 1.807) is 23.6 Å². The first-order valence-corrected chi connectivity index (χ1v) is 6.24. The molecule has 0 aliphatic carbocycles. The number of hydrogen-bond donors (Lipinski definition) is 2. The van der Waals surface area contributed by atoms with Crippen molar-refractivity contribution in [3.8, 4) is 0 Å². The highest BCUT2D eigenvalue weighted by Gasteiger charge is 2.23. The monoisotopic (exact) mass is 263 g/mol. The van der Waals surface area contributed by atoms with E-state index < -0.39 is 5.97 Å². The molecule has 6 heteroatoms. The van der Waals surface area contributed by atoms with Crippen LogP contribution in [0.5, 0.6) is 0 Å². The average molecular weight is 263 g/mol. The summed E-state index contributed by atoms with van der Waals surface area (Å²) in [6.07, 6.45) is 3.09. The largest absolute Gasteiger partial charge is 0.478 e. The molecule has 2 aromatic heterocycles. The predicted octanol–water partition coefficient (Wildman–Crippen LogP) is 2.58. The molecule has 0 saturated carbocycles. The van der Waals surface area contributed by atoms with Crippen molar-refractivity contribution in [1.82, 2.24) is 9.97 Å². The topological polar surface area (TPSA) is 75.1 Å². The van der Waals surface area contributed by atoms with Crippen molar-refractivity contribution in [3.05, 3.63) is 40.5 Å². The Bertz CT molecular complexity index is 535. The van der Waals surface area contributed by atoms with Crippen molar-refractivity contribution in [1.29, 1.82) is 0 Å². The lowest BCUT2D eigenvalue weighted by atomic mass is 10.1. The van der Waals surface area contributed by atoms with Crippen LogP contribution in [0.4, 0.5) is 5.82 Å². The molecule has 0 aromatic carbocycles. The second-order valence-corrected chi connectivity index (χ2v) is 5.22. The van der Waals surface area contributed by atoms with Crippen LogP contribution in [-0.2, 0) is 5.54 Å². The van der Waals surface area contributed by atoms with Crippen LogP contribution in [0.3, 0.4) is 0 Å². The second-order valence-electron chi connectivity index (χ2n) is 4.32. The normalized spacial score (nSPS) is 11.2. The van der Waals surface area contributed by atoms with Crippen LogP contribution in [0.1, 0.15) is 29.2 Å². The molecular formula is C12H13N3O2S. The molecule has 0 atom stereocenters. The molecule has 0 fully saturated rings. The number of carboxylic acids is 1. The van der Waals surface area contributed by atoms with Crippen molar-refractivity contribution in [2.45, 2.75) is 19.4 Å².